The van der Waals surface area contributed by atoms with Crippen molar-refractivity contribution in [3.8, 4) is 0 Å². The van der Waals surface area contributed by atoms with Gasteiger partial charge in [-0.1, -0.05) is 36.4 Å². The molecule has 0 aliphatic rings. The molecule has 6 heteroatoms. The van der Waals surface area contributed by atoms with Crippen molar-refractivity contribution in [1.82, 2.24) is 0 Å². The molecule has 0 aromatic heterocycles. The van der Waals surface area contributed by atoms with Gasteiger partial charge in [-0.15, -0.1) is 0 Å². The Bertz CT molecular complexity index is 552. The first-order chi connectivity index (χ1) is 7.91. The number of rotatable bonds is 1. The van der Waals surface area contributed by atoms with E-state index in [1.807, 2.05) is 0 Å². The Morgan fingerprint density at radius 3 is 2.18 bits per heavy atom. The highest BCUT2D eigenvalue weighted by atomic mass is 19.4. The molecule has 0 fully saturated rings. The largest absolute Gasteiger partial charge is 0.489 e. The second-order valence-corrected chi connectivity index (χ2v) is 3.62. The summed E-state index contributed by atoms with van der Waals surface area (Å²) in [6, 6.07) is 8.46. The minimum absolute atomic E-state index is 0.0365. The van der Waals surface area contributed by atoms with E-state index in [1.165, 1.54) is 24.3 Å². The zero-order valence-corrected chi connectivity index (χ0v) is 8.57. The van der Waals surface area contributed by atoms with Gasteiger partial charge in [-0.05, 0) is 16.2 Å². The Labute approximate surface area is 95.5 Å². The van der Waals surface area contributed by atoms with Crippen molar-refractivity contribution in [2.45, 2.75) is 6.18 Å². The molecule has 17 heavy (non-hydrogen) atoms. The van der Waals surface area contributed by atoms with Gasteiger partial charge in [0.1, 0.15) is 0 Å². The molecular weight excluding hydrogens is 232 g/mol. The molecule has 0 saturated carbocycles. The molecule has 0 aliphatic heterocycles. The SMILES string of the molecule is OB(O)c1ccc2ccccc2c1C(F)(F)F. The van der Waals surface area contributed by atoms with Crippen LogP contribution in [-0.2, 0) is 6.18 Å². The van der Waals surface area contributed by atoms with Gasteiger partial charge < -0.3 is 10.0 Å². The lowest BCUT2D eigenvalue weighted by Gasteiger charge is -2.15. The molecule has 88 valence electrons. The van der Waals surface area contributed by atoms with Gasteiger partial charge in [0.05, 0.1) is 5.56 Å². The first-order valence-corrected chi connectivity index (χ1v) is 4.86. The van der Waals surface area contributed by atoms with Crippen LogP contribution >= 0.6 is 0 Å². The summed E-state index contributed by atoms with van der Waals surface area (Å²) in [4.78, 5) is 0. The van der Waals surface area contributed by atoms with Crippen molar-refractivity contribution >= 4 is 23.4 Å². The number of hydrogen-bond acceptors (Lipinski definition) is 2. The van der Waals surface area contributed by atoms with Crippen LogP contribution in [0.15, 0.2) is 36.4 Å². The molecule has 0 radical (unpaired) electrons. The van der Waals surface area contributed by atoms with Crippen molar-refractivity contribution in [3.05, 3.63) is 42.0 Å². The second kappa shape index (κ2) is 4.05. The van der Waals surface area contributed by atoms with Crippen molar-refractivity contribution in [1.29, 1.82) is 0 Å². The Hall–Kier alpha value is -1.53. The molecular formula is C11H8BF3O2. The predicted octanol–water partition coefficient (Wildman–Crippen LogP) is 1.54. The van der Waals surface area contributed by atoms with E-state index in [1.54, 1.807) is 6.07 Å². The molecule has 2 aromatic rings. The van der Waals surface area contributed by atoms with E-state index in [0.717, 1.165) is 6.07 Å². The number of halogens is 3. The Kier molecular flexibility index (Phi) is 2.85. The maximum atomic E-state index is 12.9. The van der Waals surface area contributed by atoms with Gasteiger partial charge in [0.25, 0.3) is 0 Å². The Morgan fingerprint density at radius 2 is 1.59 bits per heavy atom. The van der Waals surface area contributed by atoms with Crippen LogP contribution in [0, 0.1) is 0 Å². The fourth-order valence-electron chi connectivity index (χ4n) is 1.82. The highest BCUT2D eigenvalue weighted by Gasteiger charge is 2.37. The molecule has 0 amide bonds. The summed E-state index contributed by atoms with van der Waals surface area (Å²) in [6.45, 7) is 0. The average molecular weight is 240 g/mol. The maximum absolute atomic E-state index is 12.9. The van der Waals surface area contributed by atoms with E-state index in [4.69, 9.17) is 10.0 Å². The van der Waals surface area contributed by atoms with Crippen LogP contribution in [0.1, 0.15) is 5.56 Å². The van der Waals surface area contributed by atoms with Crippen molar-refractivity contribution in [3.63, 3.8) is 0 Å². The third kappa shape index (κ3) is 2.14. The smallest absolute Gasteiger partial charge is 0.423 e. The number of benzene rings is 2. The predicted molar refractivity (Wildman–Crippen MR) is 58.8 cm³/mol. The molecule has 2 aromatic carbocycles. The molecule has 0 unspecified atom stereocenters. The van der Waals surface area contributed by atoms with Crippen LogP contribution in [0.3, 0.4) is 0 Å². The molecule has 2 rings (SSSR count). The minimum Gasteiger partial charge on any atom is -0.423 e. The third-order valence-electron chi connectivity index (χ3n) is 2.52. The minimum atomic E-state index is -4.63. The summed E-state index contributed by atoms with van der Waals surface area (Å²) in [5, 5.41) is 18.3. The highest BCUT2D eigenvalue weighted by Crippen LogP contribution is 2.33. The van der Waals surface area contributed by atoms with Gasteiger partial charge in [-0.3, -0.25) is 0 Å². The third-order valence-corrected chi connectivity index (χ3v) is 2.52. The van der Waals surface area contributed by atoms with E-state index in [9.17, 15) is 13.2 Å². The lowest BCUT2D eigenvalue weighted by atomic mass is 9.75. The first-order valence-electron chi connectivity index (χ1n) is 4.86. The van der Waals surface area contributed by atoms with Crippen LogP contribution in [0.4, 0.5) is 13.2 Å². The lowest BCUT2D eigenvalue weighted by Crippen LogP contribution is -2.36. The van der Waals surface area contributed by atoms with Crippen molar-refractivity contribution in [2.75, 3.05) is 0 Å². The maximum Gasteiger partial charge on any atom is 0.489 e. The fraction of sp³-hybridized carbons (Fsp3) is 0.0909. The van der Waals surface area contributed by atoms with Crippen LogP contribution in [0.25, 0.3) is 10.8 Å². The van der Waals surface area contributed by atoms with Gasteiger partial charge in [0.2, 0.25) is 0 Å². The molecule has 0 saturated heterocycles. The Morgan fingerprint density at radius 1 is 0.941 bits per heavy atom. The summed E-state index contributed by atoms with van der Waals surface area (Å²) in [6.07, 6.45) is -4.63. The molecule has 2 nitrogen and oxygen atoms in total. The van der Waals surface area contributed by atoms with Gasteiger partial charge in [-0.2, -0.15) is 13.2 Å². The highest BCUT2D eigenvalue weighted by molar-refractivity contribution is 6.59. The molecule has 0 bridgehead atoms. The van der Waals surface area contributed by atoms with Gasteiger partial charge in [0.15, 0.2) is 0 Å². The molecule has 0 atom stereocenters. The quantitative estimate of drug-likeness (QED) is 0.742. The summed E-state index contributed by atoms with van der Waals surface area (Å²) < 4.78 is 38.7. The van der Waals surface area contributed by atoms with Gasteiger partial charge in [-0.25, -0.2) is 0 Å². The first kappa shape index (κ1) is 11.9. The van der Waals surface area contributed by atoms with Gasteiger partial charge >= 0.3 is 13.3 Å². The van der Waals surface area contributed by atoms with Crippen LogP contribution in [-0.4, -0.2) is 17.2 Å². The zero-order valence-electron chi connectivity index (χ0n) is 8.57. The van der Waals surface area contributed by atoms with Crippen molar-refractivity contribution < 1.29 is 23.2 Å². The van der Waals surface area contributed by atoms with E-state index < -0.39 is 24.3 Å². The van der Waals surface area contributed by atoms with Gasteiger partial charge in [0, 0.05) is 0 Å². The lowest BCUT2D eigenvalue weighted by molar-refractivity contribution is -0.135. The zero-order chi connectivity index (χ0) is 12.6. The normalized spacial score (nSPS) is 11.8. The summed E-state index contributed by atoms with van der Waals surface area (Å²) in [7, 11) is -2.14. The molecule has 0 spiro atoms. The molecule has 2 N–H and O–H groups in total. The molecule has 0 aliphatic carbocycles. The standard InChI is InChI=1S/C11H8BF3O2/c13-11(14,15)10-8-4-2-1-3-7(8)5-6-9(10)12(16)17/h1-6,16-17H. The summed E-state index contributed by atoms with van der Waals surface area (Å²) in [5.74, 6) is 0. The van der Waals surface area contributed by atoms with E-state index >= 15 is 0 Å². The fourth-order valence-corrected chi connectivity index (χ4v) is 1.82. The van der Waals surface area contributed by atoms with Crippen molar-refractivity contribution in [2.24, 2.45) is 0 Å². The van der Waals surface area contributed by atoms with Crippen LogP contribution in [0.5, 0.6) is 0 Å². The Balaban J connectivity index is 2.85. The number of fused-ring (bicyclic) bond motifs is 1. The topological polar surface area (TPSA) is 40.5 Å². The van der Waals surface area contributed by atoms with E-state index in [2.05, 4.69) is 0 Å². The van der Waals surface area contributed by atoms with E-state index in [0.29, 0.717) is 5.39 Å². The second-order valence-electron chi connectivity index (χ2n) is 3.62. The summed E-state index contributed by atoms with van der Waals surface area (Å²) in [5.41, 5.74) is -1.53. The number of alkyl halides is 3. The average Bonchev–Trinajstić information content (AvgIpc) is 2.26. The molecule has 0 heterocycles. The number of hydrogen-bond donors (Lipinski definition) is 2. The van der Waals surface area contributed by atoms with E-state index in [-0.39, 0.29) is 5.39 Å². The monoisotopic (exact) mass is 240 g/mol. The summed E-state index contributed by atoms with van der Waals surface area (Å²) >= 11 is 0. The van der Waals surface area contributed by atoms with Crippen LogP contribution < -0.4 is 5.46 Å². The van der Waals surface area contributed by atoms with Crippen LogP contribution in [0.2, 0.25) is 0 Å².